The molecular weight excluding hydrogens is 414 g/mol. The maximum Gasteiger partial charge on any atom is 0.219 e. The highest BCUT2D eigenvalue weighted by Crippen LogP contribution is 2.20. The van der Waals surface area contributed by atoms with Crippen molar-refractivity contribution >= 4 is 16.9 Å². The van der Waals surface area contributed by atoms with Crippen molar-refractivity contribution < 1.29 is 14.3 Å². The standard InChI is InChI=1S/C27H37N3O3/c1-3-12-27(31)28-18-8-4-5-17-26-29-24-15-6-7-16-25(24)30(26)19-9-10-20-33-23-14-11-13-22(21-23)32-2/h6-7,11,13-16,21H,3-5,8-10,12,17-20H2,1-2H3,(H,28,31). The van der Waals surface area contributed by atoms with Crippen molar-refractivity contribution in [3.8, 4) is 11.5 Å². The highest BCUT2D eigenvalue weighted by Gasteiger charge is 2.10. The van der Waals surface area contributed by atoms with E-state index in [0.717, 1.165) is 80.9 Å². The lowest BCUT2D eigenvalue weighted by atomic mass is 10.2. The number of carbonyl (C=O) groups excluding carboxylic acids is 1. The van der Waals surface area contributed by atoms with Crippen molar-refractivity contribution in [1.82, 2.24) is 14.9 Å². The first-order chi connectivity index (χ1) is 16.2. The summed E-state index contributed by atoms with van der Waals surface area (Å²) in [6.07, 6.45) is 7.65. The van der Waals surface area contributed by atoms with Gasteiger partial charge in [0.15, 0.2) is 0 Å². The van der Waals surface area contributed by atoms with Crippen molar-refractivity contribution in [3.05, 3.63) is 54.4 Å². The number of nitrogens with zero attached hydrogens (tertiary/aromatic N) is 2. The van der Waals surface area contributed by atoms with Gasteiger partial charge in [-0.2, -0.15) is 0 Å². The number of aromatic nitrogens is 2. The van der Waals surface area contributed by atoms with Crippen LogP contribution in [0.4, 0.5) is 0 Å². The molecule has 0 radical (unpaired) electrons. The molecule has 0 aliphatic carbocycles. The fourth-order valence-corrected chi connectivity index (χ4v) is 3.95. The van der Waals surface area contributed by atoms with Crippen LogP contribution < -0.4 is 14.8 Å². The largest absolute Gasteiger partial charge is 0.497 e. The molecule has 3 rings (SSSR count). The number of benzene rings is 2. The minimum atomic E-state index is 0.162. The average Bonchev–Trinajstić information content (AvgIpc) is 3.18. The number of imidazole rings is 1. The Morgan fingerprint density at radius 3 is 2.70 bits per heavy atom. The van der Waals surface area contributed by atoms with Gasteiger partial charge in [0.2, 0.25) is 5.91 Å². The van der Waals surface area contributed by atoms with E-state index in [-0.39, 0.29) is 5.91 Å². The van der Waals surface area contributed by atoms with E-state index in [9.17, 15) is 4.79 Å². The van der Waals surface area contributed by atoms with Crippen molar-refractivity contribution in [1.29, 1.82) is 0 Å². The molecule has 1 aromatic heterocycles. The summed E-state index contributed by atoms with van der Waals surface area (Å²) < 4.78 is 13.5. The predicted molar refractivity (Wildman–Crippen MR) is 133 cm³/mol. The Balaban J connectivity index is 1.45. The predicted octanol–water partition coefficient (Wildman–Crippen LogP) is 5.53. The summed E-state index contributed by atoms with van der Waals surface area (Å²) in [7, 11) is 1.66. The lowest BCUT2D eigenvalue weighted by Gasteiger charge is -2.11. The second-order valence-corrected chi connectivity index (χ2v) is 8.31. The Morgan fingerprint density at radius 1 is 1.00 bits per heavy atom. The molecule has 1 amide bonds. The van der Waals surface area contributed by atoms with Crippen LogP contribution in [-0.2, 0) is 17.8 Å². The summed E-state index contributed by atoms with van der Waals surface area (Å²) in [5, 5.41) is 2.99. The summed E-state index contributed by atoms with van der Waals surface area (Å²) in [6.45, 7) is 4.41. The first kappa shape index (κ1) is 24.6. The summed E-state index contributed by atoms with van der Waals surface area (Å²) >= 11 is 0. The smallest absolute Gasteiger partial charge is 0.219 e. The number of hydrogen-bond donors (Lipinski definition) is 1. The van der Waals surface area contributed by atoms with Crippen LogP contribution in [0.3, 0.4) is 0 Å². The number of aryl methyl sites for hydroxylation is 2. The molecule has 33 heavy (non-hydrogen) atoms. The zero-order chi connectivity index (χ0) is 23.3. The highest BCUT2D eigenvalue weighted by molar-refractivity contribution is 5.76. The number of fused-ring (bicyclic) bond motifs is 1. The molecule has 0 spiro atoms. The SMILES string of the molecule is CCCC(=O)NCCCCCc1nc2ccccc2n1CCCCOc1cccc(OC)c1. The second-order valence-electron chi connectivity index (χ2n) is 8.31. The minimum absolute atomic E-state index is 0.162. The van der Waals surface area contributed by atoms with E-state index in [4.69, 9.17) is 14.5 Å². The minimum Gasteiger partial charge on any atom is -0.497 e. The lowest BCUT2D eigenvalue weighted by Crippen LogP contribution is -2.23. The van der Waals surface area contributed by atoms with Crippen LogP contribution >= 0.6 is 0 Å². The van der Waals surface area contributed by atoms with Gasteiger partial charge >= 0.3 is 0 Å². The van der Waals surface area contributed by atoms with E-state index in [2.05, 4.69) is 28.1 Å². The van der Waals surface area contributed by atoms with Crippen LogP contribution in [0.15, 0.2) is 48.5 Å². The Labute approximate surface area is 197 Å². The summed E-state index contributed by atoms with van der Waals surface area (Å²) in [6, 6.07) is 16.1. The number of para-hydroxylation sites is 2. The fraction of sp³-hybridized carbons (Fsp3) is 0.481. The first-order valence-corrected chi connectivity index (χ1v) is 12.2. The molecule has 0 atom stereocenters. The molecule has 3 aromatic rings. The van der Waals surface area contributed by atoms with Gasteiger partial charge < -0.3 is 19.4 Å². The van der Waals surface area contributed by atoms with Crippen LogP contribution in [0.1, 0.15) is 57.7 Å². The third kappa shape index (κ3) is 7.81. The number of methoxy groups -OCH3 is 1. The van der Waals surface area contributed by atoms with Crippen LogP contribution in [0.2, 0.25) is 0 Å². The van der Waals surface area contributed by atoms with Crippen LogP contribution in [-0.4, -0.2) is 35.7 Å². The van der Waals surface area contributed by atoms with Crippen molar-refractivity contribution in [2.75, 3.05) is 20.3 Å². The van der Waals surface area contributed by atoms with Gasteiger partial charge in [-0.1, -0.05) is 31.5 Å². The molecule has 1 heterocycles. The Morgan fingerprint density at radius 2 is 1.85 bits per heavy atom. The fourth-order valence-electron chi connectivity index (χ4n) is 3.95. The van der Waals surface area contributed by atoms with Crippen LogP contribution in [0, 0.1) is 0 Å². The van der Waals surface area contributed by atoms with E-state index in [0.29, 0.717) is 13.0 Å². The molecule has 0 saturated heterocycles. The summed E-state index contributed by atoms with van der Waals surface area (Å²) in [4.78, 5) is 16.5. The normalized spacial score (nSPS) is 11.0. The number of unbranched alkanes of at least 4 members (excludes halogenated alkanes) is 3. The van der Waals surface area contributed by atoms with Crippen molar-refractivity contribution in [2.45, 2.75) is 64.8 Å². The third-order valence-corrected chi connectivity index (χ3v) is 5.70. The van der Waals surface area contributed by atoms with E-state index in [1.54, 1.807) is 7.11 Å². The molecule has 1 N–H and O–H groups in total. The molecule has 6 heteroatoms. The molecule has 0 aliphatic heterocycles. The van der Waals surface area contributed by atoms with E-state index >= 15 is 0 Å². The van der Waals surface area contributed by atoms with E-state index < -0.39 is 0 Å². The van der Waals surface area contributed by atoms with E-state index in [1.807, 2.05) is 37.3 Å². The maximum atomic E-state index is 11.6. The van der Waals surface area contributed by atoms with E-state index in [1.165, 1.54) is 5.52 Å². The molecule has 0 unspecified atom stereocenters. The molecule has 0 bridgehead atoms. The highest BCUT2D eigenvalue weighted by atomic mass is 16.5. The molecule has 0 fully saturated rings. The topological polar surface area (TPSA) is 65.4 Å². The Kier molecular flexibility index (Phi) is 10.1. The molecule has 2 aromatic carbocycles. The van der Waals surface area contributed by atoms with Gasteiger partial charge in [-0.15, -0.1) is 0 Å². The van der Waals surface area contributed by atoms with Gasteiger partial charge in [-0.05, 0) is 56.4 Å². The number of carbonyl (C=O) groups is 1. The second kappa shape index (κ2) is 13.5. The number of rotatable bonds is 15. The number of amides is 1. The number of hydrogen-bond acceptors (Lipinski definition) is 4. The van der Waals surface area contributed by atoms with Gasteiger partial charge in [0, 0.05) is 32.0 Å². The first-order valence-electron chi connectivity index (χ1n) is 12.2. The summed E-state index contributed by atoms with van der Waals surface area (Å²) in [5.74, 6) is 2.97. The number of nitrogens with one attached hydrogen (secondary N) is 1. The zero-order valence-electron chi connectivity index (χ0n) is 20.0. The quantitative estimate of drug-likeness (QED) is 0.308. The summed E-state index contributed by atoms with van der Waals surface area (Å²) in [5.41, 5.74) is 2.26. The Bertz CT molecular complexity index is 999. The van der Waals surface area contributed by atoms with Crippen LogP contribution in [0.5, 0.6) is 11.5 Å². The molecular formula is C27H37N3O3. The van der Waals surface area contributed by atoms with Crippen molar-refractivity contribution in [3.63, 3.8) is 0 Å². The molecule has 178 valence electrons. The third-order valence-electron chi connectivity index (χ3n) is 5.70. The van der Waals surface area contributed by atoms with Gasteiger partial charge in [-0.3, -0.25) is 4.79 Å². The Hall–Kier alpha value is -3.02. The van der Waals surface area contributed by atoms with Gasteiger partial charge in [0.25, 0.3) is 0 Å². The lowest BCUT2D eigenvalue weighted by molar-refractivity contribution is -0.121. The zero-order valence-corrected chi connectivity index (χ0v) is 20.0. The van der Waals surface area contributed by atoms with Crippen LogP contribution in [0.25, 0.3) is 11.0 Å². The number of ether oxygens (including phenoxy) is 2. The molecule has 0 aliphatic rings. The monoisotopic (exact) mass is 451 g/mol. The van der Waals surface area contributed by atoms with Gasteiger partial charge in [-0.25, -0.2) is 4.98 Å². The van der Waals surface area contributed by atoms with Gasteiger partial charge in [0.05, 0.1) is 24.8 Å². The maximum absolute atomic E-state index is 11.6. The molecule has 0 saturated carbocycles. The average molecular weight is 452 g/mol. The van der Waals surface area contributed by atoms with Crippen molar-refractivity contribution in [2.24, 2.45) is 0 Å². The van der Waals surface area contributed by atoms with Gasteiger partial charge in [0.1, 0.15) is 17.3 Å². The molecule has 6 nitrogen and oxygen atoms in total.